The van der Waals surface area contributed by atoms with Gasteiger partial charge in [0.15, 0.2) is 5.65 Å². The summed E-state index contributed by atoms with van der Waals surface area (Å²) in [6.45, 7) is 2.52. The van der Waals surface area contributed by atoms with Crippen molar-refractivity contribution < 1.29 is 5.11 Å². The van der Waals surface area contributed by atoms with Crippen LogP contribution in [0.4, 0.5) is 0 Å². The van der Waals surface area contributed by atoms with Crippen LogP contribution >= 0.6 is 0 Å². The predicted octanol–water partition coefficient (Wildman–Crippen LogP) is 4.88. The van der Waals surface area contributed by atoms with Crippen molar-refractivity contribution in [2.75, 3.05) is 20.1 Å². The second kappa shape index (κ2) is 10.4. The number of rotatable bonds is 6. The molecule has 1 unspecified atom stereocenters. The van der Waals surface area contributed by atoms with E-state index in [9.17, 15) is 9.90 Å². The SMILES string of the molecule is CN(Cc1c(-c2cccc3ccccc23)cnc2ncn(-c3cccc(O)c3)c(=O)c12)CC1CCCCN1. The molecule has 2 N–H and O–H groups in total. The number of hydrogen-bond acceptors (Lipinski definition) is 6. The Morgan fingerprint density at radius 1 is 1.03 bits per heavy atom. The topological polar surface area (TPSA) is 83.3 Å². The van der Waals surface area contributed by atoms with E-state index in [4.69, 9.17) is 0 Å². The van der Waals surface area contributed by atoms with Gasteiger partial charge in [-0.15, -0.1) is 0 Å². The molecule has 0 spiro atoms. The van der Waals surface area contributed by atoms with E-state index in [1.807, 2.05) is 18.3 Å². The average Bonchev–Trinajstić information content (AvgIpc) is 2.93. The second-order valence-corrected chi connectivity index (χ2v) is 10.2. The zero-order valence-electron chi connectivity index (χ0n) is 21.5. The fourth-order valence-corrected chi connectivity index (χ4v) is 5.62. The van der Waals surface area contributed by atoms with Gasteiger partial charge in [0.05, 0.1) is 11.1 Å². The molecule has 0 saturated carbocycles. The van der Waals surface area contributed by atoms with Crippen LogP contribution in [0.5, 0.6) is 5.75 Å². The van der Waals surface area contributed by atoms with Crippen molar-refractivity contribution in [3.05, 3.63) is 95.2 Å². The normalized spacial score (nSPS) is 15.9. The van der Waals surface area contributed by atoms with Crippen molar-refractivity contribution in [2.24, 2.45) is 0 Å². The first-order valence-electron chi connectivity index (χ1n) is 13.2. The van der Waals surface area contributed by atoms with Crippen molar-refractivity contribution in [1.29, 1.82) is 0 Å². The molecule has 7 nitrogen and oxygen atoms in total. The third-order valence-electron chi connectivity index (χ3n) is 7.45. The second-order valence-electron chi connectivity index (χ2n) is 10.2. The number of pyridine rings is 1. The fourth-order valence-electron chi connectivity index (χ4n) is 5.62. The van der Waals surface area contributed by atoms with E-state index in [1.54, 1.807) is 24.3 Å². The fraction of sp³-hybridized carbons (Fsp3) is 0.258. The summed E-state index contributed by atoms with van der Waals surface area (Å²) in [6, 6.07) is 21.6. The lowest BCUT2D eigenvalue weighted by Crippen LogP contribution is -2.42. The Labute approximate surface area is 221 Å². The summed E-state index contributed by atoms with van der Waals surface area (Å²) in [5.74, 6) is 0.0945. The van der Waals surface area contributed by atoms with Gasteiger partial charge in [-0.1, -0.05) is 55.0 Å². The van der Waals surface area contributed by atoms with Crippen LogP contribution in [0.2, 0.25) is 0 Å². The standard InChI is InChI=1S/C31H31N5O2/c1-35(18-22-10-4-5-15-32-22)19-28-27(26-14-6-9-21-8-2-3-13-25(21)26)17-33-30-29(28)31(38)36(20-34-30)23-11-7-12-24(37)16-23/h2-3,6-9,11-14,16-17,20,22,32,37H,4-5,10,15,18-19H2,1H3. The van der Waals surface area contributed by atoms with Crippen molar-refractivity contribution in [3.63, 3.8) is 0 Å². The van der Waals surface area contributed by atoms with Gasteiger partial charge in [0.25, 0.3) is 5.56 Å². The molecule has 0 bridgehead atoms. The van der Waals surface area contributed by atoms with E-state index in [1.165, 1.54) is 23.7 Å². The van der Waals surface area contributed by atoms with E-state index < -0.39 is 0 Å². The molecule has 0 amide bonds. The van der Waals surface area contributed by atoms with E-state index >= 15 is 0 Å². The quantitative estimate of drug-likeness (QED) is 0.342. The number of hydrogen-bond donors (Lipinski definition) is 2. The van der Waals surface area contributed by atoms with Crippen LogP contribution in [-0.4, -0.2) is 50.7 Å². The molecule has 1 atom stereocenters. The summed E-state index contributed by atoms with van der Waals surface area (Å²) >= 11 is 0. The molecule has 5 aromatic rings. The van der Waals surface area contributed by atoms with E-state index in [2.05, 4.69) is 57.6 Å². The van der Waals surface area contributed by atoms with Crippen molar-refractivity contribution in [3.8, 4) is 22.6 Å². The van der Waals surface area contributed by atoms with Crippen LogP contribution < -0.4 is 10.9 Å². The Hall–Kier alpha value is -4.07. The minimum absolute atomic E-state index is 0.0945. The van der Waals surface area contributed by atoms with E-state index in [0.717, 1.165) is 47.0 Å². The lowest BCUT2D eigenvalue weighted by Gasteiger charge is -2.29. The molecule has 7 heteroatoms. The monoisotopic (exact) mass is 505 g/mol. The van der Waals surface area contributed by atoms with Crippen LogP contribution in [0.15, 0.2) is 84.0 Å². The molecular formula is C31H31N5O2. The molecule has 1 aliphatic heterocycles. The Bertz CT molecular complexity index is 1670. The summed E-state index contributed by atoms with van der Waals surface area (Å²) in [4.78, 5) is 25.6. The third-order valence-corrected chi connectivity index (χ3v) is 7.45. The first-order chi connectivity index (χ1) is 18.6. The number of piperidine rings is 1. The third kappa shape index (κ3) is 4.66. The summed E-state index contributed by atoms with van der Waals surface area (Å²) in [7, 11) is 2.11. The highest BCUT2D eigenvalue weighted by Gasteiger charge is 2.21. The molecule has 1 aliphatic rings. The molecule has 6 rings (SSSR count). The number of nitrogens with zero attached hydrogens (tertiary/aromatic N) is 4. The maximum absolute atomic E-state index is 14.1. The van der Waals surface area contributed by atoms with Crippen LogP contribution in [0.1, 0.15) is 24.8 Å². The van der Waals surface area contributed by atoms with Crippen molar-refractivity contribution in [1.82, 2.24) is 24.8 Å². The summed E-state index contributed by atoms with van der Waals surface area (Å²) < 4.78 is 1.49. The van der Waals surface area contributed by atoms with Gasteiger partial charge < -0.3 is 15.3 Å². The minimum Gasteiger partial charge on any atom is -0.508 e. The van der Waals surface area contributed by atoms with Gasteiger partial charge in [-0.2, -0.15) is 0 Å². The van der Waals surface area contributed by atoms with Gasteiger partial charge in [-0.3, -0.25) is 9.36 Å². The highest BCUT2D eigenvalue weighted by atomic mass is 16.3. The number of phenols is 1. The Kier molecular flexibility index (Phi) is 6.62. The first-order valence-corrected chi connectivity index (χ1v) is 13.2. The highest BCUT2D eigenvalue weighted by molar-refractivity contribution is 5.99. The summed E-state index contributed by atoms with van der Waals surface area (Å²) in [5.41, 5.74) is 3.68. The molecule has 3 aromatic carbocycles. The smallest absolute Gasteiger partial charge is 0.267 e. The maximum atomic E-state index is 14.1. The minimum atomic E-state index is -0.200. The Balaban J connectivity index is 1.55. The van der Waals surface area contributed by atoms with Crippen molar-refractivity contribution in [2.45, 2.75) is 31.8 Å². The van der Waals surface area contributed by atoms with Gasteiger partial charge in [0, 0.05) is 37.0 Å². The van der Waals surface area contributed by atoms with Crippen LogP contribution in [0.25, 0.3) is 38.6 Å². The number of aromatic nitrogens is 3. The molecule has 0 aliphatic carbocycles. The summed E-state index contributed by atoms with van der Waals surface area (Å²) in [5, 5.41) is 16.4. The molecule has 38 heavy (non-hydrogen) atoms. The molecule has 1 fully saturated rings. The largest absolute Gasteiger partial charge is 0.508 e. The molecule has 3 heterocycles. The average molecular weight is 506 g/mol. The number of nitrogens with one attached hydrogen (secondary N) is 1. The van der Waals surface area contributed by atoms with Gasteiger partial charge >= 0.3 is 0 Å². The number of benzene rings is 3. The number of phenolic OH excluding ortho intramolecular Hbond substituents is 1. The van der Waals surface area contributed by atoms with E-state index in [-0.39, 0.29) is 11.3 Å². The number of aromatic hydroxyl groups is 1. The molecule has 1 saturated heterocycles. The number of fused-ring (bicyclic) bond motifs is 2. The van der Waals surface area contributed by atoms with Crippen LogP contribution in [0.3, 0.4) is 0 Å². The Morgan fingerprint density at radius 2 is 1.87 bits per heavy atom. The predicted molar refractivity (Wildman–Crippen MR) is 152 cm³/mol. The Morgan fingerprint density at radius 3 is 2.71 bits per heavy atom. The zero-order chi connectivity index (χ0) is 26.1. The molecular weight excluding hydrogens is 474 g/mol. The number of likely N-dealkylation sites (N-methyl/N-ethyl adjacent to an activating group) is 1. The maximum Gasteiger partial charge on any atom is 0.267 e. The molecule has 192 valence electrons. The summed E-state index contributed by atoms with van der Waals surface area (Å²) in [6.07, 6.45) is 6.97. The van der Waals surface area contributed by atoms with Gasteiger partial charge in [0.1, 0.15) is 12.1 Å². The lowest BCUT2D eigenvalue weighted by molar-refractivity contribution is 0.257. The van der Waals surface area contributed by atoms with Crippen LogP contribution in [0, 0.1) is 0 Å². The van der Waals surface area contributed by atoms with Gasteiger partial charge in [-0.05, 0) is 60.5 Å². The molecule has 2 aromatic heterocycles. The molecule has 0 radical (unpaired) electrons. The highest BCUT2D eigenvalue weighted by Crippen LogP contribution is 2.33. The lowest BCUT2D eigenvalue weighted by atomic mass is 9.94. The van der Waals surface area contributed by atoms with Crippen molar-refractivity contribution >= 4 is 21.8 Å². The van der Waals surface area contributed by atoms with E-state index in [0.29, 0.717) is 29.3 Å². The first kappa shape index (κ1) is 24.3. The van der Waals surface area contributed by atoms with Crippen LogP contribution in [-0.2, 0) is 6.54 Å². The van der Waals surface area contributed by atoms with Gasteiger partial charge in [0.2, 0.25) is 0 Å². The van der Waals surface area contributed by atoms with Gasteiger partial charge in [-0.25, -0.2) is 9.97 Å². The zero-order valence-corrected chi connectivity index (χ0v) is 21.5.